The van der Waals surface area contributed by atoms with E-state index in [1.54, 1.807) is 0 Å². The summed E-state index contributed by atoms with van der Waals surface area (Å²) in [7, 11) is -0.927. The molecule has 2 heterocycles. The van der Waals surface area contributed by atoms with Crippen LogP contribution in [0, 0.1) is 6.92 Å². The third-order valence-corrected chi connectivity index (χ3v) is 6.01. The monoisotopic (exact) mass is 389 g/mol. The highest BCUT2D eigenvalue weighted by molar-refractivity contribution is 7.83. The van der Waals surface area contributed by atoms with Crippen molar-refractivity contribution in [3.8, 4) is 0 Å². The maximum Gasteiger partial charge on any atom is 0.137 e. The summed E-state index contributed by atoms with van der Waals surface area (Å²) in [5.74, 6) is 1.14. The average Bonchev–Trinajstić information content (AvgIpc) is 3.12. The molecule has 4 nitrogen and oxygen atoms in total. The van der Waals surface area contributed by atoms with Crippen LogP contribution in [0.1, 0.15) is 22.5 Å². The minimum absolute atomic E-state index is 0.555. The lowest BCUT2D eigenvalue weighted by atomic mass is 10.2. The zero-order chi connectivity index (χ0) is 19.3. The standard InChI is InChI=1S/C23H23N3OS/c1-18-7-5-12-23-25-15-22(26(18)23)14-24-21-11-6-10-20(13-21)17-28(27)16-19-8-3-2-4-9-19/h2-13,15,24H,14,16-17H2,1H3. The van der Waals surface area contributed by atoms with Gasteiger partial charge in [0.25, 0.3) is 0 Å². The summed E-state index contributed by atoms with van der Waals surface area (Å²) in [6, 6.07) is 24.3. The number of pyridine rings is 1. The van der Waals surface area contributed by atoms with Crippen LogP contribution in [-0.2, 0) is 28.9 Å². The molecule has 0 bridgehead atoms. The molecule has 1 unspecified atom stereocenters. The molecule has 4 aromatic rings. The second kappa shape index (κ2) is 8.40. The van der Waals surface area contributed by atoms with Crippen molar-refractivity contribution in [1.29, 1.82) is 0 Å². The zero-order valence-corrected chi connectivity index (χ0v) is 16.7. The first kappa shape index (κ1) is 18.4. The van der Waals surface area contributed by atoms with Gasteiger partial charge in [0.05, 0.1) is 18.4 Å². The molecule has 0 aliphatic carbocycles. The molecule has 142 valence electrons. The summed E-state index contributed by atoms with van der Waals surface area (Å²) in [5.41, 5.74) is 6.45. The lowest BCUT2D eigenvalue weighted by Gasteiger charge is -2.10. The maximum absolute atomic E-state index is 12.5. The summed E-state index contributed by atoms with van der Waals surface area (Å²) in [5, 5.41) is 3.47. The Bertz CT molecular complexity index is 1110. The molecule has 4 rings (SSSR count). The van der Waals surface area contributed by atoms with Crippen LogP contribution in [0.25, 0.3) is 5.65 Å². The highest BCUT2D eigenvalue weighted by Crippen LogP contribution is 2.16. The average molecular weight is 390 g/mol. The number of rotatable bonds is 7. The molecular formula is C23H23N3OS. The number of hydrogen-bond donors (Lipinski definition) is 1. The number of aromatic nitrogens is 2. The number of fused-ring (bicyclic) bond motifs is 1. The van der Waals surface area contributed by atoms with E-state index in [0.29, 0.717) is 18.1 Å². The highest BCUT2D eigenvalue weighted by Gasteiger charge is 2.07. The van der Waals surface area contributed by atoms with Crippen LogP contribution in [0.4, 0.5) is 5.69 Å². The molecule has 0 saturated carbocycles. The zero-order valence-electron chi connectivity index (χ0n) is 15.8. The summed E-state index contributed by atoms with van der Waals surface area (Å²) in [6.45, 7) is 2.77. The van der Waals surface area contributed by atoms with Crippen LogP contribution in [0.5, 0.6) is 0 Å². The Balaban J connectivity index is 1.41. The number of aryl methyl sites for hydroxylation is 1. The molecule has 5 heteroatoms. The van der Waals surface area contributed by atoms with Crippen molar-refractivity contribution >= 4 is 22.1 Å². The summed E-state index contributed by atoms with van der Waals surface area (Å²) >= 11 is 0. The molecule has 2 aromatic heterocycles. The van der Waals surface area contributed by atoms with Crippen molar-refractivity contribution < 1.29 is 4.21 Å². The van der Waals surface area contributed by atoms with Crippen LogP contribution >= 0.6 is 0 Å². The van der Waals surface area contributed by atoms with Gasteiger partial charge in [0, 0.05) is 33.7 Å². The Morgan fingerprint density at radius 2 is 1.68 bits per heavy atom. The predicted molar refractivity (Wildman–Crippen MR) is 116 cm³/mol. The molecule has 0 saturated heterocycles. The van der Waals surface area contributed by atoms with E-state index in [1.807, 2.05) is 66.9 Å². The van der Waals surface area contributed by atoms with Crippen LogP contribution in [0.3, 0.4) is 0 Å². The second-order valence-corrected chi connectivity index (χ2v) is 8.34. The van der Waals surface area contributed by atoms with E-state index in [0.717, 1.165) is 33.8 Å². The van der Waals surface area contributed by atoms with Gasteiger partial charge in [0.1, 0.15) is 5.65 Å². The van der Waals surface area contributed by atoms with Gasteiger partial charge in [-0.15, -0.1) is 0 Å². The Kier molecular flexibility index (Phi) is 5.53. The second-order valence-electron chi connectivity index (χ2n) is 6.88. The van der Waals surface area contributed by atoms with E-state index in [9.17, 15) is 4.21 Å². The van der Waals surface area contributed by atoms with Gasteiger partial charge < -0.3 is 5.32 Å². The normalized spacial score (nSPS) is 12.2. The number of anilines is 1. The molecule has 28 heavy (non-hydrogen) atoms. The Morgan fingerprint density at radius 1 is 0.929 bits per heavy atom. The Morgan fingerprint density at radius 3 is 2.54 bits per heavy atom. The lowest BCUT2D eigenvalue weighted by molar-refractivity contribution is 0.682. The number of nitrogens with zero attached hydrogens (tertiary/aromatic N) is 2. The first-order valence-electron chi connectivity index (χ1n) is 9.33. The Hall–Kier alpha value is -2.92. The van der Waals surface area contributed by atoms with Gasteiger partial charge in [-0.3, -0.25) is 8.61 Å². The molecule has 0 aliphatic rings. The minimum Gasteiger partial charge on any atom is -0.379 e. The van der Waals surface area contributed by atoms with Gasteiger partial charge >= 0.3 is 0 Å². The molecule has 0 spiro atoms. The van der Waals surface area contributed by atoms with E-state index >= 15 is 0 Å². The number of benzene rings is 2. The fraction of sp³-hybridized carbons (Fsp3) is 0.174. The smallest absolute Gasteiger partial charge is 0.137 e. The topological polar surface area (TPSA) is 46.4 Å². The lowest BCUT2D eigenvalue weighted by Crippen LogP contribution is -2.05. The van der Waals surface area contributed by atoms with E-state index in [4.69, 9.17) is 0 Å². The van der Waals surface area contributed by atoms with Gasteiger partial charge in [-0.05, 0) is 42.3 Å². The molecule has 1 N–H and O–H groups in total. The summed E-state index contributed by atoms with van der Waals surface area (Å²) in [4.78, 5) is 4.47. The third-order valence-electron chi connectivity index (χ3n) is 4.70. The third kappa shape index (κ3) is 4.31. The van der Waals surface area contributed by atoms with Crippen molar-refractivity contribution in [3.05, 3.63) is 102 Å². The van der Waals surface area contributed by atoms with Gasteiger partial charge in [-0.2, -0.15) is 0 Å². The van der Waals surface area contributed by atoms with Gasteiger partial charge in [-0.25, -0.2) is 4.98 Å². The quantitative estimate of drug-likeness (QED) is 0.498. The fourth-order valence-electron chi connectivity index (χ4n) is 3.36. The van der Waals surface area contributed by atoms with Crippen LogP contribution in [-0.4, -0.2) is 13.6 Å². The molecule has 2 aromatic carbocycles. The molecule has 0 fully saturated rings. The summed E-state index contributed by atoms with van der Waals surface area (Å²) in [6.07, 6.45) is 1.91. The Labute approximate surface area is 167 Å². The van der Waals surface area contributed by atoms with E-state index in [1.165, 1.54) is 0 Å². The van der Waals surface area contributed by atoms with Crippen molar-refractivity contribution in [2.45, 2.75) is 25.0 Å². The van der Waals surface area contributed by atoms with Gasteiger partial charge in [0.2, 0.25) is 0 Å². The SMILES string of the molecule is Cc1cccc2ncc(CNc3cccc(CS(=O)Cc4ccccc4)c3)n12. The van der Waals surface area contributed by atoms with Crippen LogP contribution < -0.4 is 5.32 Å². The van der Waals surface area contributed by atoms with Crippen molar-refractivity contribution in [2.24, 2.45) is 0 Å². The van der Waals surface area contributed by atoms with Crippen molar-refractivity contribution in [3.63, 3.8) is 0 Å². The number of nitrogens with one attached hydrogen (secondary N) is 1. The highest BCUT2D eigenvalue weighted by atomic mass is 32.2. The molecule has 0 radical (unpaired) electrons. The minimum atomic E-state index is -0.927. The van der Waals surface area contributed by atoms with Crippen molar-refractivity contribution in [1.82, 2.24) is 9.38 Å². The molecular weight excluding hydrogens is 366 g/mol. The van der Waals surface area contributed by atoms with E-state index in [-0.39, 0.29) is 0 Å². The van der Waals surface area contributed by atoms with E-state index in [2.05, 4.69) is 33.8 Å². The first-order valence-corrected chi connectivity index (χ1v) is 10.8. The molecule has 1 atom stereocenters. The molecule has 0 amide bonds. The largest absolute Gasteiger partial charge is 0.379 e. The first-order chi connectivity index (χ1) is 13.7. The van der Waals surface area contributed by atoms with E-state index < -0.39 is 10.8 Å². The number of hydrogen-bond acceptors (Lipinski definition) is 3. The fourth-order valence-corrected chi connectivity index (χ4v) is 4.58. The van der Waals surface area contributed by atoms with Crippen LogP contribution in [0.15, 0.2) is 79.0 Å². The predicted octanol–water partition coefficient (Wildman–Crippen LogP) is 4.70. The van der Waals surface area contributed by atoms with Gasteiger partial charge in [-0.1, -0.05) is 48.5 Å². The maximum atomic E-state index is 12.5. The molecule has 0 aliphatic heterocycles. The summed E-state index contributed by atoms with van der Waals surface area (Å²) < 4.78 is 14.7. The van der Waals surface area contributed by atoms with Crippen LogP contribution in [0.2, 0.25) is 0 Å². The number of imidazole rings is 1. The van der Waals surface area contributed by atoms with Gasteiger partial charge in [0.15, 0.2) is 0 Å². The van der Waals surface area contributed by atoms with Crippen molar-refractivity contribution in [2.75, 3.05) is 5.32 Å².